The predicted octanol–water partition coefficient (Wildman–Crippen LogP) is 2.92. The third-order valence-electron chi connectivity index (χ3n) is 2.64. The Morgan fingerprint density at radius 3 is 2.78 bits per heavy atom. The standard InChI is InChI=1S/C13H18FNO3/c1-3-4-8(2)7-18-12-5-9(13(16)17)11(15)6-10(12)14/h5-6,8H,3-4,7,15H2,1-2H3,(H,16,17). The van der Waals surface area contributed by atoms with Crippen molar-refractivity contribution >= 4 is 11.7 Å². The summed E-state index contributed by atoms with van der Waals surface area (Å²) in [7, 11) is 0. The van der Waals surface area contributed by atoms with E-state index in [0.717, 1.165) is 25.0 Å². The van der Waals surface area contributed by atoms with E-state index in [9.17, 15) is 9.18 Å². The average molecular weight is 255 g/mol. The van der Waals surface area contributed by atoms with Crippen molar-refractivity contribution in [3.05, 3.63) is 23.5 Å². The molecule has 5 heteroatoms. The van der Waals surface area contributed by atoms with Gasteiger partial charge in [0, 0.05) is 11.8 Å². The van der Waals surface area contributed by atoms with Crippen molar-refractivity contribution in [2.24, 2.45) is 5.92 Å². The number of halogens is 1. The second-order valence-corrected chi connectivity index (χ2v) is 4.38. The molecule has 0 heterocycles. The van der Waals surface area contributed by atoms with Crippen molar-refractivity contribution < 1.29 is 19.0 Å². The second kappa shape index (κ2) is 6.23. The lowest BCUT2D eigenvalue weighted by molar-refractivity contribution is 0.0697. The molecule has 18 heavy (non-hydrogen) atoms. The topological polar surface area (TPSA) is 72.5 Å². The Labute approximate surface area is 106 Å². The first kappa shape index (κ1) is 14.3. The molecule has 0 aromatic heterocycles. The molecular weight excluding hydrogens is 237 g/mol. The highest BCUT2D eigenvalue weighted by molar-refractivity contribution is 5.94. The normalized spacial score (nSPS) is 12.2. The number of carbonyl (C=O) groups is 1. The summed E-state index contributed by atoms with van der Waals surface area (Å²) in [6.07, 6.45) is 2.00. The van der Waals surface area contributed by atoms with Crippen molar-refractivity contribution in [3.8, 4) is 5.75 Å². The van der Waals surface area contributed by atoms with Gasteiger partial charge in [-0.05, 0) is 18.4 Å². The van der Waals surface area contributed by atoms with Crippen LogP contribution in [0.4, 0.5) is 10.1 Å². The fourth-order valence-electron chi connectivity index (χ4n) is 1.67. The maximum Gasteiger partial charge on any atom is 0.337 e. The van der Waals surface area contributed by atoms with Gasteiger partial charge in [-0.2, -0.15) is 0 Å². The van der Waals surface area contributed by atoms with Crippen molar-refractivity contribution in [2.45, 2.75) is 26.7 Å². The second-order valence-electron chi connectivity index (χ2n) is 4.38. The van der Waals surface area contributed by atoms with Gasteiger partial charge < -0.3 is 15.6 Å². The third-order valence-corrected chi connectivity index (χ3v) is 2.64. The van der Waals surface area contributed by atoms with Crippen molar-refractivity contribution in [1.29, 1.82) is 0 Å². The van der Waals surface area contributed by atoms with Crippen LogP contribution in [0, 0.1) is 11.7 Å². The monoisotopic (exact) mass is 255 g/mol. The van der Waals surface area contributed by atoms with Gasteiger partial charge in [0.05, 0.1) is 12.2 Å². The fourth-order valence-corrected chi connectivity index (χ4v) is 1.67. The van der Waals surface area contributed by atoms with Crippen LogP contribution in [0.15, 0.2) is 12.1 Å². The highest BCUT2D eigenvalue weighted by Gasteiger charge is 2.14. The minimum Gasteiger partial charge on any atom is -0.490 e. The van der Waals surface area contributed by atoms with Crippen LogP contribution < -0.4 is 10.5 Å². The minimum absolute atomic E-state index is 0.0652. The first-order chi connectivity index (χ1) is 8.45. The first-order valence-electron chi connectivity index (χ1n) is 5.90. The number of anilines is 1. The van der Waals surface area contributed by atoms with E-state index in [1.165, 1.54) is 0 Å². The number of nitrogen functional groups attached to an aromatic ring is 1. The van der Waals surface area contributed by atoms with E-state index in [2.05, 4.69) is 6.92 Å². The number of hydrogen-bond donors (Lipinski definition) is 2. The zero-order chi connectivity index (χ0) is 13.7. The molecule has 0 aliphatic carbocycles. The average Bonchev–Trinajstić information content (AvgIpc) is 2.27. The molecule has 0 amide bonds. The fraction of sp³-hybridized carbons (Fsp3) is 0.462. The SMILES string of the molecule is CCCC(C)COc1cc(C(=O)O)c(N)cc1F. The van der Waals surface area contributed by atoms with E-state index >= 15 is 0 Å². The van der Waals surface area contributed by atoms with E-state index in [1.807, 2.05) is 6.92 Å². The van der Waals surface area contributed by atoms with E-state index in [4.69, 9.17) is 15.6 Å². The summed E-state index contributed by atoms with van der Waals surface area (Å²) in [6.45, 7) is 4.41. The summed E-state index contributed by atoms with van der Waals surface area (Å²) >= 11 is 0. The van der Waals surface area contributed by atoms with Gasteiger partial charge in [-0.3, -0.25) is 0 Å². The van der Waals surface area contributed by atoms with E-state index in [1.54, 1.807) is 0 Å². The highest BCUT2D eigenvalue weighted by Crippen LogP contribution is 2.25. The summed E-state index contributed by atoms with van der Waals surface area (Å²) in [5, 5.41) is 8.88. The van der Waals surface area contributed by atoms with Gasteiger partial charge in [-0.1, -0.05) is 20.3 Å². The number of carboxylic acids is 1. The number of rotatable bonds is 6. The molecule has 0 saturated carbocycles. The first-order valence-corrected chi connectivity index (χ1v) is 5.90. The largest absolute Gasteiger partial charge is 0.490 e. The Morgan fingerprint density at radius 1 is 1.56 bits per heavy atom. The molecule has 0 spiro atoms. The lowest BCUT2D eigenvalue weighted by Crippen LogP contribution is -2.11. The Balaban J connectivity index is 2.82. The molecule has 1 aromatic carbocycles. The van der Waals surface area contributed by atoms with Crippen LogP contribution in [0.25, 0.3) is 0 Å². The van der Waals surface area contributed by atoms with E-state index in [-0.39, 0.29) is 17.0 Å². The minimum atomic E-state index is -1.20. The number of nitrogens with two attached hydrogens (primary N) is 1. The maximum absolute atomic E-state index is 13.5. The van der Waals surface area contributed by atoms with Gasteiger partial charge in [0.25, 0.3) is 0 Å². The molecule has 0 aliphatic heterocycles. The molecule has 0 radical (unpaired) electrons. The summed E-state index contributed by atoms with van der Waals surface area (Å²) in [5.41, 5.74) is 5.17. The highest BCUT2D eigenvalue weighted by atomic mass is 19.1. The molecule has 3 N–H and O–H groups in total. The predicted molar refractivity (Wildman–Crippen MR) is 67.3 cm³/mol. The van der Waals surface area contributed by atoms with Crippen molar-refractivity contribution in [3.63, 3.8) is 0 Å². The van der Waals surface area contributed by atoms with Crippen LogP contribution in [-0.2, 0) is 0 Å². The number of hydrogen-bond acceptors (Lipinski definition) is 3. The van der Waals surface area contributed by atoms with E-state index < -0.39 is 11.8 Å². The maximum atomic E-state index is 13.5. The molecule has 1 rings (SSSR count). The van der Waals surface area contributed by atoms with Crippen LogP contribution in [0.3, 0.4) is 0 Å². The zero-order valence-corrected chi connectivity index (χ0v) is 10.6. The quantitative estimate of drug-likeness (QED) is 0.766. The molecule has 0 fully saturated rings. The Morgan fingerprint density at radius 2 is 2.22 bits per heavy atom. The Kier molecular flexibility index (Phi) is 4.95. The van der Waals surface area contributed by atoms with Crippen LogP contribution in [-0.4, -0.2) is 17.7 Å². The van der Waals surface area contributed by atoms with Gasteiger partial charge >= 0.3 is 5.97 Å². The molecule has 1 aromatic rings. The number of ether oxygens (including phenoxy) is 1. The van der Waals surface area contributed by atoms with Crippen LogP contribution in [0.1, 0.15) is 37.0 Å². The lowest BCUT2D eigenvalue weighted by Gasteiger charge is -2.13. The number of carboxylic acid groups (broad SMARTS) is 1. The summed E-state index contributed by atoms with van der Waals surface area (Å²) in [6, 6.07) is 2.11. The molecule has 100 valence electrons. The van der Waals surface area contributed by atoms with Gasteiger partial charge in [0.2, 0.25) is 0 Å². The van der Waals surface area contributed by atoms with Crippen LogP contribution in [0.5, 0.6) is 5.75 Å². The van der Waals surface area contributed by atoms with Gasteiger partial charge in [-0.15, -0.1) is 0 Å². The number of aromatic carboxylic acids is 1. The summed E-state index contributed by atoms with van der Waals surface area (Å²) in [4.78, 5) is 10.9. The van der Waals surface area contributed by atoms with Crippen molar-refractivity contribution in [2.75, 3.05) is 12.3 Å². The summed E-state index contributed by atoms with van der Waals surface area (Å²) in [5.74, 6) is -1.61. The zero-order valence-electron chi connectivity index (χ0n) is 10.6. The molecule has 1 atom stereocenters. The Bertz CT molecular complexity index is 434. The molecule has 1 unspecified atom stereocenters. The van der Waals surface area contributed by atoms with Crippen LogP contribution >= 0.6 is 0 Å². The van der Waals surface area contributed by atoms with Gasteiger partial charge in [-0.25, -0.2) is 9.18 Å². The molecule has 4 nitrogen and oxygen atoms in total. The number of benzene rings is 1. The molecular formula is C13H18FNO3. The summed E-state index contributed by atoms with van der Waals surface area (Å²) < 4.78 is 18.8. The molecule has 0 saturated heterocycles. The van der Waals surface area contributed by atoms with Crippen LogP contribution in [0.2, 0.25) is 0 Å². The van der Waals surface area contributed by atoms with Crippen molar-refractivity contribution in [1.82, 2.24) is 0 Å². The van der Waals surface area contributed by atoms with Gasteiger partial charge in [0.1, 0.15) is 0 Å². The molecule has 0 aliphatic rings. The Hall–Kier alpha value is -1.78. The smallest absolute Gasteiger partial charge is 0.337 e. The third kappa shape index (κ3) is 3.61. The van der Waals surface area contributed by atoms with E-state index in [0.29, 0.717) is 12.5 Å². The van der Waals surface area contributed by atoms with Gasteiger partial charge in [0.15, 0.2) is 11.6 Å². The lowest BCUT2D eigenvalue weighted by atomic mass is 10.1. The molecule has 0 bridgehead atoms.